The molecule has 0 fully saturated rings. The Bertz CT molecular complexity index is 1500. The Labute approximate surface area is 190 Å². The van der Waals surface area contributed by atoms with E-state index in [2.05, 4.69) is 9.71 Å². The molecule has 0 unspecified atom stereocenters. The Balaban J connectivity index is 1.98. The summed E-state index contributed by atoms with van der Waals surface area (Å²) < 4.78 is 48.8. The number of hydrogen-bond acceptors (Lipinski definition) is 5. The van der Waals surface area contributed by atoms with E-state index in [0.29, 0.717) is 28.7 Å². The molecule has 172 valence electrons. The fourth-order valence-corrected chi connectivity index (χ4v) is 4.32. The van der Waals surface area contributed by atoms with Gasteiger partial charge in [0.05, 0.1) is 31.1 Å². The molecular weight excluding hydrogens is 447 g/mol. The van der Waals surface area contributed by atoms with Gasteiger partial charge >= 0.3 is 0 Å². The molecule has 2 heterocycles. The zero-order chi connectivity index (χ0) is 23.9. The Kier molecular flexibility index (Phi) is 5.71. The molecule has 2 aromatic carbocycles. The van der Waals surface area contributed by atoms with E-state index in [1.807, 2.05) is 6.07 Å². The maximum absolute atomic E-state index is 13.4. The van der Waals surface area contributed by atoms with Crippen LogP contribution in [0.2, 0.25) is 0 Å². The molecule has 0 aliphatic rings. The second-order valence-corrected chi connectivity index (χ2v) is 9.65. The molecule has 2 aromatic heterocycles. The lowest BCUT2D eigenvalue weighted by Crippen LogP contribution is -2.18. The number of aryl methyl sites for hydroxylation is 2. The average molecular weight is 471 g/mol. The maximum Gasteiger partial charge on any atom is 0.297 e. The number of benzene rings is 2. The SMILES string of the molecule is COc1nc2c(NS(C)(=O)=O)cc(-c3cc(C)c(=O)n(C)c3)cc2n1Cc1ccc(F)cc1. The van der Waals surface area contributed by atoms with Crippen LogP contribution in [0, 0.1) is 12.7 Å². The van der Waals surface area contributed by atoms with Gasteiger partial charge in [-0.05, 0) is 53.9 Å². The van der Waals surface area contributed by atoms with Gasteiger partial charge in [0, 0.05) is 18.8 Å². The molecule has 0 bridgehead atoms. The van der Waals surface area contributed by atoms with E-state index < -0.39 is 10.0 Å². The summed E-state index contributed by atoms with van der Waals surface area (Å²) in [7, 11) is -0.465. The highest BCUT2D eigenvalue weighted by molar-refractivity contribution is 7.92. The van der Waals surface area contributed by atoms with Crippen LogP contribution < -0.4 is 15.0 Å². The van der Waals surface area contributed by atoms with E-state index in [1.54, 1.807) is 49.0 Å². The largest absolute Gasteiger partial charge is 0.468 e. The molecule has 0 amide bonds. The molecular formula is C23H23FN4O4S. The van der Waals surface area contributed by atoms with E-state index >= 15 is 0 Å². The highest BCUT2D eigenvalue weighted by atomic mass is 32.2. The van der Waals surface area contributed by atoms with Crippen LogP contribution in [0.3, 0.4) is 0 Å². The van der Waals surface area contributed by atoms with Gasteiger partial charge in [-0.2, -0.15) is 4.98 Å². The first-order valence-corrected chi connectivity index (χ1v) is 11.9. The minimum Gasteiger partial charge on any atom is -0.468 e. The molecule has 0 aliphatic carbocycles. The van der Waals surface area contributed by atoms with Crippen molar-refractivity contribution in [2.45, 2.75) is 13.5 Å². The van der Waals surface area contributed by atoms with Gasteiger partial charge < -0.3 is 9.30 Å². The molecule has 0 saturated carbocycles. The minimum atomic E-state index is -3.60. The number of pyridine rings is 1. The van der Waals surface area contributed by atoms with Crippen molar-refractivity contribution in [2.75, 3.05) is 18.1 Å². The zero-order valence-corrected chi connectivity index (χ0v) is 19.4. The van der Waals surface area contributed by atoms with E-state index in [9.17, 15) is 17.6 Å². The Morgan fingerprint density at radius 1 is 1.12 bits per heavy atom. The molecule has 4 aromatic rings. The second kappa shape index (κ2) is 8.36. The predicted octanol–water partition coefficient (Wildman–Crippen LogP) is 3.28. The molecule has 4 rings (SSSR count). The first-order valence-electron chi connectivity index (χ1n) is 10.0. The fourth-order valence-electron chi connectivity index (χ4n) is 3.76. The highest BCUT2D eigenvalue weighted by Crippen LogP contribution is 2.34. The molecule has 0 atom stereocenters. The number of fused-ring (bicyclic) bond motifs is 1. The first-order chi connectivity index (χ1) is 15.6. The summed E-state index contributed by atoms with van der Waals surface area (Å²) in [6, 6.07) is 11.6. The van der Waals surface area contributed by atoms with E-state index in [1.165, 1.54) is 23.8 Å². The molecule has 8 nitrogen and oxygen atoms in total. The molecule has 0 saturated heterocycles. The lowest BCUT2D eigenvalue weighted by Gasteiger charge is -2.12. The molecule has 1 N–H and O–H groups in total. The number of rotatable bonds is 6. The quantitative estimate of drug-likeness (QED) is 0.467. The summed E-state index contributed by atoms with van der Waals surface area (Å²) >= 11 is 0. The number of ether oxygens (including phenoxy) is 1. The van der Waals surface area contributed by atoms with Crippen LogP contribution in [0.15, 0.2) is 53.5 Å². The number of aromatic nitrogens is 3. The van der Waals surface area contributed by atoms with Crippen LogP contribution in [0.25, 0.3) is 22.2 Å². The van der Waals surface area contributed by atoms with Crippen molar-refractivity contribution >= 4 is 26.7 Å². The van der Waals surface area contributed by atoms with Gasteiger partial charge in [-0.3, -0.25) is 14.1 Å². The Hall–Kier alpha value is -3.66. The van der Waals surface area contributed by atoms with Crippen molar-refractivity contribution < 1.29 is 17.5 Å². The number of anilines is 1. The Morgan fingerprint density at radius 3 is 2.42 bits per heavy atom. The smallest absolute Gasteiger partial charge is 0.297 e. The van der Waals surface area contributed by atoms with Crippen LogP contribution in [0.1, 0.15) is 11.1 Å². The number of hydrogen-bond donors (Lipinski definition) is 1. The van der Waals surface area contributed by atoms with Crippen molar-refractivity contribution in [1.29, 1.82) is 0 Å². The van der Waals surface area contributed by atoms with Crippen LogP contribution in [-0.2, 0) is 23.6 Å². The highest BCUT2D eigenvalue weighted by Gasteiger charge is 2.19. The van der Waals surface area contributed by atoms with Crippen LogP contribution in [0.4, 0.5) is 10.1 Å². The number of imidazole rings is 1. The fraction of sp³-hybridized carbons (Fsp3) is 0.217. The van der Waals surface area contributed by atoms with Crippen molar-refractivity contribution in [3.63, 3.8) is 0 Å². The first kappa shape index (κ1) is 22.5. The van der Waals surface area contributed by atoms with Crippen molar-refractivity contribution in [1.82, 2.24) is 14.1 Å². The second-order valence-electron chi connectivity index (χ2n) is 7.90. The zero-order valence-electron chi connectivity index (χ0n) is 18.6. The Morgan fingerprint density at radius 2 is 1.82 bits per heavy atom. The van der Waals surface area contributed by atoms with Crippen LogP contribution in [0.5, 0.6) is 6.01 Å². The topological polar surface area (TPSA) is 95.2 Å². The molecule has 0 aliphatic heterocycles. The van der Waals surface area contributed by atoms with Gasteiger partial charge in [0.25, 0.3) is 11.6 Å². The van der Waals surface area contributed by atoms with Crippen molar-refractivity contribution in [3.05, 3.63) is 76.0 Å². The standard InChI is InChI=1S/C23H23FN4O4S/c1-14-9-17(13-27(2)22(14)29)16-10-19(26-33(4,30)31)21-20(11-16)28(23(25-21)32-3)12-15-5-7-18(24)8-6-15/h5-11,13,26H,12H2,1-4H3. The number of nitrogens with one attached hydrogen (secondary N) is 1. The van der Waals surface area contributed by atoms with Crippen LogP contribution in [-0.4, -0.2) is 35.9 Å². The minimum absolute atomic E-state index is 0.114. The van der Waals surface area contributed by atoms with Gasteiger partial charge in [-0.25, -0.2) is 12.8 Å². The third-order valence-corrected chi connectivity index (χ3v) is 5.84. The average Bonchev–Trinajstić information content (AvgIpc) is 3.10. The van der Waals surface area contributed by atoms with E-state index in [4.69, 9.17) is 4.74 Å². The van der Waals surface area contributed by atoms with Gasteiger partial charge in [0.15, 0.2) is 0 Å². The summed E-state index contributed by atoms with van der Waals surface area (Å²) in [5, 5.41) is 0. The molecule has 33 heavy (non-hydrogen) atoms. The molecule has 0 radical (unpaired) electrons. The lowest BCUT2D eigenvalue weighted by molar-refractivity contribution is 0.364. The molecule has 10 heteroatoms. The summed E-state index contributed by atoms with van der Waals surface area (Å²) in [4.78, 5) is 16.7. The maximum atomic E-state index is 13.4. The third kappa shape index (κ3) is 4.61. The van der Waals surface area contributed by atoms with Crippen LogP contribution >= 0.6 is 0 Å². The number of nitrogens with zero attached hydrogens (tertiary/aromatic N) is 3. The van der Waals surface area contributed by atoms with Gasteiger partial charge in [0.1, 0.15) is 11.3 Å². The third-order valence-electron chi connectivity index (χ3n) is 5.25. The summed E-state index contributed by atoms with van der Waals surface area (Å²) in [6.07, 6.45) is 2.76. The summed E-state index contributed by atoms with van der Waals surface area (Å²) in [5.74, 6) is -0.340. The van der Waals surface area contributed by atoms with E-state index in [-0.39, 0.29) is 23.1 Å². The summed E-state index contributed by atoms with van der Waals surface area (Å²) in [6.45, 7) is 2.05. The monoisotopic (exact) mass is 470 g/mol. The number of methoxy groups -OCH3 is 1. The predicted molar refractivity (Wildman–Crippen MR) is 126 cm³/mol. The van der Waals surface area contributed by atoms with Crippen molar-refractivity contribution in [2.24, 2.45) is 7.05 Å². The number of sulfonamides is 1. The van der Waals surface area contributed by atoms with E-state index in [0.717, 1.165) is 17.4 Å². The van der Waals surface area contributed by atoms with Gasteiger partial charge in [-0.15, -0.1) is 0 Å². The van der Waals surface area contributed by atoms with Gasteiger partial charge in [-0.1, -0.05) is 12.1 Å². The normalized spacial score (nSPS) is 11.7. The lowest BCUT2D eigenvalue weighted by atomic mass is 10.0. The molecule has 0 spiro atoms. The van der Waals surface area contributed by atoms with Gasteiger partial charge in [0.2, 0.25) is 10.0 Å². The van der Waals surface area contributed by atoms with Crippen molar-refractivity contribution in [3.8, 4) is 17.1 Å². The summed E-state index contributed by atoms with van der Waals surface area (Å²) in [5.41, 5.74) is 4.00. The number of halogens is 1.